The Morgan fingerprint density at radius 1 is 1.42 bits per heavy atom. The zero-order valence-corrected chi connectivity index (χ0v) is 11.9. The van der Waals surface area contributed by atoms with Crippen molar-refractivity contribution in [2.75, 3.05) is 20.3 Å². The van der Waals surface area contributed by atoms with Crippen LogP contribution in [0.2, 0.25) is 5.02 Å². The third-order valence-corrected chi connectivity index (χ3v) is 3.11. The van der Waals surface area contributed by atoms with Crippen molar-refractivity contribution in [3.63, 3.8) is 0 Å². The molecule has 0 unspecified atom stereocenters. The fourth-order valence-electron chi connectivity index (χ4n) is 1.89. The highest BCUT2D eigenvalue weighted by molar-refractivity contribution is 6.32. The Labute approximate surface area is 118 Å². The molecular formula is C14H18ClN3O. The molecular weight excluding hydrogens is 262 g/mol. The quantitative estimate of drug-likeness (QED) is 0.826. The van der Waals surface area contributed by atoms with Crippen LogP contribution in [0.1, 0.15) is 11.1 Å². The summed E-state index contributed by atoms with van der Waals surface area (Å²) in [5.74, 6) is 0. The van der Waals surface area contributed by atoms with E-state index >= 15 is 0 Å². The predicted molar refractivity (Wildman–Crippen MR) is 76.9 cm³/mol. The summed E-state index contributed by atoms with van der Waals surface area (Å²) < 4.78 is 6.84. The number of nitrogens with one attached hydrogen (secondary N) is 1. The number of hydrogen-bond donors (Lipinski definition) is 1. The van der Waals surface area contributed by atoms with Crippen LogP contribution in [0.5, 0.6) is 0 Å². The highest BCUT2D eigenvalue weighted by Gasteiger charge is 2.09. The van der Waals surface area contributed by atoms with E-state index in [1.165, 1.54) is 0 Å². The van der Waals surface area contributed by atoms with Gasteiger partial charge in [-0.3, -0.25) is 0 Å². The first-order valence-corrected chi connectivity index (χ1v) is 6.59. The number of rotatable bonds is 6. The lowest BCUT2D eigenvalue weighted by atomic mass is 10.1. The highest BCUT2D eigenvalue weighted by atomic mass is 35.5. The molecule has 4 nitrogen and oxygen atoms in total. The first kappa shape index (κ1) is 14.1. The average molecular weight is 280 g/mol. The summed E-state index contributed by atoms with van der Waals surface area (Å²) in [6.07, 6.45) is 3.80. The molecule has 5 heteroatoms. The summed E-state index contributed by atoms with van der Waals surface area (Å²) in [5.41, 5.74) is 3.16. The zero-order chi connectivity index (χ0) is 13.7. The summed E-state index contributed by atoms with van der Waals surface area (Å²) in [5, 5.41) is 8.36. The lowest BCUT2D eigenvalue weighted by Gasteiger charge is -2.12. The molecule has 19 heavy (non-hydrogen) atoms. The summed E-state index contributed by atoms with van der Waals surface area (Å²) in [6.45, 7) is 4.24. The van der Waals surface area contributed by atoms with Crippen molar-refractivity contribution in [2.45, 2.75) is 13.5 Å². The zero-order valence-electron chi connectivity index (χ0n) is 11.2. The Hall–Kier alpha value is -1.36. The minimum Gasteiger partial charge on any atom is -0.383 e. The molecule has 102 valence electrons. The molecule has 0 aliphatic carbocycles. The van der Waals surface area contributed by atoms with Crippen LogP contribution < -0.4 is 5.32 Å². The normalized spacial score (nSPS) is 10.9. The van der Waals surface area contributed by atoms with E-state index in [1.807, 2.05) is 36.1 Å². The number of nitrogens with zero attached hydrogens (tertiary/aromatic N) is 2. The second-order valence-corrected chi connectivity index (χ2v) is 4.79. The topological polar surface area (TPSA) is 39.1 Å². The van der Waals surface area contributed by atoms with Gasteiger partial charge in [-0.1, -0.05) is 23.7 Å². The van der Waals surface area contributed by atoms with Crippen LogP contribution in [0.3, 0.4) is 0 Å². The standard InChI is InChI=1S/C14H18ClN3O/c1-11-8-17-18(10-11)14-12(4-3-5-13(14)15)9-16-6-7-19-2/h3-5,8,10,16H,6-7,9H2,1-2H3. The van der Waals surface area contributed by atoms with Gasteiger partial charge in [-0.15, -0.1) is 0 Å². The van der Waals surface area contributed by atoms with Crippen LogP contribution in [0.25, 0.3) is 5.69 Å². The Balaban J connectivity index is 2.21. The Morgan fingerprint density at radius 3 is 2.95 bits per heavy atom. The molecule has 0 amide bonds. The third-order valence-electron chi connectivity index (χ3n) is 2.81. The van der Waals surface area contributed by atoms with Crippen molar-refractivity contribution in [1.29, 1.82) is 0 Å². The molecule has 2 aromatic rings. The minimum absolute atomic E-state index is 0.691. The average Bonchev–Trinajstić information content (AvgIpc) is 2.81. The summed E-state index contributed by atoms with van der Waals surface area (Å²) >= 11 is 6.30. The molecule has 0 aliphatic rings. The van der Waals surface area contributed by atoms with Crippen LogP contribution in [-0.2, 0) is 11.3 Å². The minimum atomic E-state index is 0.691. The maximum Gasteiger partial charge on any atom is 0.0876 e. The van der Waals surface area contributed by atoms with E-state index in [2.05, 4.69) is 16.5 Å². The van der Waals surface area contributed by atoms with E-state index in [1.54, 1.807) is 7.11 Å². The van der Waals surface area contributed by atoms with E-state index < -0.39 is 0 Å². The van der Waals surface area contributed by atoms with Gasteiger partial charge in [-0.25, -0.2) is 4.68 Å². The molecule has 0 fully saturated rings. The molecule has 0 bridgehead atoms. The van der Waals surface area contributed by atoms with E-state index in [0.717, 1.165) is 29.9 Å². The summed E-state index contributed by atoms with van der Waals surface area (Å²) in [7, 11) is 1.69. The van der Waals surface area contributed by atoms with Gasteiger partial charge < -0.3 is 10.1 Å². The van der Waals surface area contributed by atoms with Gasteiger partial charge in [-0.2, -0.15) is 5.10 Å². The van der Waals surface area contributed by atoms with E-state index in [0.29, 0.717) is 11.6 Å². The van der Waals surface area contributed by atoms with Crippen molar-refractivity contribution < 1.29 is 4.74 Å². The Kier molecular flexibility index (Phi) is 4.96. The lowest BCUT2D eigenvalue weighted by Crippen LogP contribution is -2.19. The SMILES string of the molecule is COCCNCc1cccc(Cl)c1-n1cc(C)cn1. The van der Waals surface area contributed by atoms with Crippen molar-refractivity contribution in [3.05, 3.63) is 46.7 Å². The molecule has 1 aromatic heterocycles. The molecule has 2 rings (SSSR count). The smallest absolute Gasteiger partial charge is 0.0876 e. The fraction of sp³-hybridized carbons (Fsp3) is 0.357. The molecule has 0 spiro atoms. The number of hydrogen-bond acceptors (Lipinski definition) is 3. The van der Waals surface area contributed by atoms with E-state index in [4.69, 9.17) is 16.3 Å². The Morgan fingerprint density at radius 2 is 2.26 bits per heavy atom. The van der Waals surface area contributed by atoms with Crippen LogP contribution in [-0.4, -0.2) is 30.0 Å². The van der Waals surface area contributed by atoms with E-state index in [-0.39, 0.29) is 0 Å². The third kappa shape index (κ3) is 3.56. The predicted octanol–water partition coefficient (Wildman–Crippen LogP) is 2.57. The fourth-order valence-corrected chi connectivity index (χ4v) is 2.17. The number of benzene rings is 1. The molecule has 1 N–H and O–H groups in total. The first-order chi connectivity index (χ1) is 9.22. The van der Waals surface area contributed by atoms with Crippen molar-refractivity contribution >= 4 is 11.6 Å². The first-order valence-electron chi connectivity index (χ1n) is 6.21. The molecule has 1 aromatic carbocycles. The van der Waals surface area contributed by atoms with Crippen LogP contribution >= 0.6 is 11.6 Å². The maximum absolute atomic E-state index is 6.30. The maximum atomic E-state index is 6.30. The van der Waals surface area contributed by atoms with Crippen molar-refractivity contribution in [2.24, 2.45) is 0 Å². The second-order valence-electron chi connectivity index (χ2n) is 4.38. The number of methoxy groups -OCH3 is 1. The van der Waals surface area contributed by atoms with Gasteiger partial charge in [0.15, 0.2) is 0 Å². The molecule has 0 radical (unpaired) electrons. The van der Waals surface area contributed by atoms with Crippen LogP contribution in [0.4, 0.5) is 0 Å². The van der Waals surface area contributed by atoms with Crippen LogP contribution in [0, 0.1) is 6.92 Å². The number of para-hydroxylation sites is 1. The number of halogens is 1. The summed E-state index contributed by atoms with van der Waals surface area (Å²) in [6, 6.07) is 5.89. The highest BCUT2D eigenvalue weighted by Crippen LogP contribution is 2.24. The second kappa shape index (κ2) is 6.70. The van der Waals surface area contributed by atoms with Gasteiger partial charge in [0, 0.05) is 26.4 Å². The summed E-state index contributed by atoms with van der Waals surface area (Å²) in [4.78, 5) is 0. The number of aromatic nitrogens is 2. The monoisotopic (exact) mass is 279 g/mol. The van der Waals surface area contributed by atoms with Crippen LogP contribution in [0.15, 0.2) is 30.6 Å². The number of aryl methyl sites for hydroxylation is 1. The van der Waals surface area contributed by atoms with Crippen molar-refractivity contribution in [1.82, 2.24) is 15.1 Å². The van der Waals surface area contributed by atoms with Gasteiger partial charge in [0.2, 0.25) is 0 Å². The molecule has 0 atom stereocenters. The largest absolute Gasteiger partial charge is 0.383 e. The van der Waals surface area contributed by atoms with Gasteiger partial charge in [0.25, 0.3) is 0 Å². The molecule has 0 aliphatic heterocycles. The molecule has 0 saturated carbocycles. The molecule has 1 heterocycles. The lowest BCUT2D eigenvalue weighted by molar-refractivity contribution is 0.199. The van der Waals surface area contributed by atoms with Gasteiger partial charge in [-0.05, 0) is 24.1 Å². The van der Waals surface area contributed by atoms with Gasteiger partial charge in [0.1, 0.15) is 0 Å². The van der Waals surface area contributed by atoms with E-state index in [9.17, 15) is 0 Å². The van der Waals surface area contributed by atoms with Gasteiger partial charge in [0.05, 0.1) is 23.5 Å². The molecule has 0 saturated heterocycles. The van der Waals surface area contributed by atoms with Gasteiger partial charge >= 0.3 is 0 Å². The Bertz CT molecular complexity index is 539. The number of ether oxygens (including phenoxy) is 1. The van der Waals surface area contributed by atoms with Crippen molar-refractivity contribution in [3.8, 4) is 5.69 Å².